The van der Waals surface area contributed by atoms with Gasteiger partial charge < -0.3 is 10.2 Å². The fraction of sp³-hybridized carbons (Fsp3) is 0.438. The molecular formula is C16H17ClFN3O3. The summed E-state index contributed by atoms with van der Waals surface area (Å²) in [7, 11) is 0. The van der Waals surface area contributed by atoms with Crippen LogP contribution in [0.1, 0.15) is 18.4 Å². The van der Waals surface area contributed by atoms with Crippen molar-refractivity contribution in [2.75, 3.05) is 19.6 Å². The molecule has 0 bridgehead atoms. The molecule has 2 aliphatic heterocycles. The van der Waals surface area contributed by atoms with Crippen LogP contribution in [-0.2, 0) is 16.0 Å². The van der Waals surface area contributed by atoms with Crippen LogP contribution in [0.15, 0.2) is 18.2 Å². The van der Waals surface area contributed by atoms with Crippen molar-refractivity contribution in [1.29, 1.82) is 0 Å². The summed E-state index contributed by atoms with van der Waals surface area (Å²) in [6, 6.07) is 3.84. The van der Waals surface area contributed by atoms with Gasteiger partial charge in [-0.3, -0.25) is 14.5 Å². The van der Waals surface area contributed by atoms with Crippen molar-refractivity contribution >= 4 is 29.4 Å². The van der Waals surface area contributed by atoms with E-state index in [2.05, 4.69) is 5.32 Å². The summed E-state index contributed by atoms with van der Waals surface area (Å²) in [5.74, 6) is -0.822. The summed E-state index contributed by atoms with van der Waals surface area (Å²) < 4.78 is 13.4. The minimum Gasteiger partial charge on any atom is -0.341 e. The number of urea groups is 1. The lowest BCUT2D eigenvalue weighted by Crippen LogP contribution is -2.42. The molecule has 1 aromatic carbocycles. The Morgan fingerprint density at radius 2 is 2.17 bits per heavy atom. The molecule has 0 aliphatic carbocycles. The largest absolute Gasteiger partial charge is 0.341 e. The highest BCUT2D eigenvalue weighted by atomic mass is 35.5. The molecule has 0 radical (unpaired) electrons. The lowest BCUT2D eigenvalue weighted by atomic mass is 10.1. The van der Waals surface area contributed by atoms with Crippen LogP contribution in [0.2, 0.25) is 5.02 Å². The SMILES string of the molecule is O=C(CCc1ccc(Cl)c(F)c1)N1CCC(N2C(=O)CNC2=O)C1. The van der Waals surface area contributed by atoms with Gasteiger partial charge in [-0.25, -0.2) is 9.18 Å². The Bertz CT molecular complexity index is 681. The number of amides is 4. The summed E-state index contributed by atoms with van der Waals surface area (Å²) in [5, 5.41) is 2.54. The molecule has 1 atom stereocenters. The number of carbonyl (C=O) groups is 3. The van der Waals surface area contributed by atoms with Crippen molar-refractivity contribution in [3.05, 3.63) is 34.6 Å². The molecule has 1 N–H and O–H groups in total. The van der Waals surface area contributed by atoms with E-state index in [0.717, 1.165) is 0 Å². The summed E-state index contributed by atoms with van der Waals surface area (Å²) >= 11 is 5.63. The first-order valence-electron chi connectivity index (χ1n) is 7.77. The van der Waals surface area contributed by atoms with E-state index >= 15 is 0 Å². The normalized spacial score (nSPS) is 20.7. The van der Waals surface area contributed by atoms with Crippen LogP contribution in [0.4, 0.5) is 9.18 Å². The number of aryl methyl sites for hydroxylation is 1. The van der Waals surface area contributed by atoms with Crippen LogP contribution in [0.3, 0.4) is 0 Å². The number of nitrogens with zero attached hydrogens (tertiary/aromatic N) is 2. The Hall–Kier alpha value is -2.15. The van der Waals surface area contributed by atoms with Crippen LogP contribution in [-0.4, -0.2) is 53.3 Å². The van der Waals surface area contributed by atoms with Crippen molar-refractivity contribution in [2.24, 2.45) is 0 Å². The quantitative estimate of drug-likeness (QED) is 0.835. The number of likely N-dealkylation sites (tertiary alicyclic amines) is 1. The average Bonchev–Trinajstić information content (AvgIpc) is 3.15. The van der Waals surface area contributed by atoms with Gasteiger partial charge in [0, 0.05) is 19.5 Å². The van der Waals surface area contributed by atoms with Gasteiger partial charge in [-0.05, 0) is 30.5 Å². The molecule has 2 aliphatic rings. The molecule has 24 heavy (non-hydrogen) atoms. The third-order valence-corrected chi connectivity index (χ3v) is 4.68. The second kappa shape index (κ2) is 6.76. The number of imide groups is 1. The maximum atomic E-state index is 13.4. The van der Waals surface area contributed by atoms with Gasteiger partial charge in [-0.1, -0.05) is 17.7 Å². The van der Waals surface area contributed by atoms with Crippen LogP contribution in [0.5, 0.6) is 0 Å². The molecule has 1 aromatic rings. The van der Waals surface area contributed by atoms with E-state index in [0.29, 0.717) is 31.5 Å². The third kappa shape index (κ3) is 3.36. The van der Waals surface area contributed by atoms with Gasteiger partial charge in [0.15, 0.2) is 0 Å². The number of hydrogen-bond acceptors (Lipinski definition) is 3. The Balaban J connectivity index is 1.54. The number of rotatable bonds is 4. The molecule has 2 saturated heterocycles. The molecule has 3 rings (SSSR count). The van der Waals surface area contributed by atoms with Crippen LogP contribution in [0.25, 0.3) is 0 Å². The molecule has 6 nitrogen and oxygen atoms in total. The van der Waals surface area contributed by atoms with E-state index in [1.54, 1.807) is 11.0 Å². The van der Waals surface area contributed by atoms with Gasteiger partial charge in [0.2, 0.25) is 11.8 Å². The van der Waals surface area contributed by atoms with Crippen LogP contribution in [0, 0.1) is 5.82 Å². The summed E-state index contributed by atoms with van der Waals surface area (Å²) in [5.41, 5.74) is 0.704. The number of carbonyl (C=O) groups excluding carboxylic acids is 3. The molecule has 2 fully saturated rings. The van der Waals surface area contributed by atoms with Gasteiger partial charge in [0.25, 0.3) is 0 Å². The molecule has 0 spiro atoms. The van der Waals surface area contributed by atoms with Gasteiger partial charge in [0.1, 0.15) is 5.82 Å². The fourth-order valence-electron chi connectivity index (χ4n) is 3.09. The van der Waals surface area contributed by atoms with Crippen molar-refractivity contribution in [1.82, 2.24) is 15.1 Å². The summed E-state index contributed by atoms with van der Waals surface area (Å²) in [6.45, 7) is 0.883. The van der Waals surface area contributed by atoms with E-state index < -0.39 is 11.8 Å². The molecule has 0 aromatic heterocycles. The minimum absolute atomic E-state index is 0.0193. The van der Waals surface area contributed by atoms with Crippen molar-refractivity contribution in [3.63, 3.8) is 0 Å². The van der Waals surface area contributed by atoms with E-state index in [1.165, 1.54) is 17.0 Å². The lowest BCUT2D eigenvalue weighted by molar-refractivity contribution is -0.131. The minimum atomic E-state index is -0.499. The molecule has 2 heterocycles. The standard InChI is InChI=1S/C16H17ClFN3O3/c17-12-3-1-10(7-13(12)18)2-4-14(22)20-6-5-11(9-20)21-15(23)8-19-16(21)24/h1,3,7,11H,2,4-6,8-9H2,(H,19,24). The number of halogens is 2. The second-order valence-electron chi connectivity index (χ2n) is 5.95. The summed E-state index contributed by atoms with van der Waals surface area (Å²) in [6.07, 6.45) is 1.24. The van der Waals surface area contributed by atoms with E-state index in [9.17, 15) is 18.8 Å². The van der Waals surface area contributed by atoms with E-state index in [-0.39, 0.29) is 35.8 Å². The van der Waals surface area contributed by atoms with Gasteiger partial charge in [-0.15, -0.1) is 0 Å². The second-order valence-corrected chi connectivity index (χ2v) is 6.36. The molecular weight excluding hydrogens is 337 g/mol. The molecule has 8 heteroatoms. The lowest BCUT2D eigenvalue weighted by Gasteiger charge is -2.21. The Labute approximate surface area is 143 Å². The third-order valence-electron chi connectivity index (χ3n) is 4.37. The smallest absolute Gasteiger partial charge is 0.324 e. The predicted octanol–water partition coefficient (Wildman–Crippen LogP) is 1.56. The highest BCUT2D eigenvalue weighted by molar-refractivity contribution is 6.30. The van der Waals surface area contributed by atoms with Gasteiger partial charge in [0.05, 0.1) is 17.6 Å². The van der Waals surface area contributed by atoms with E-state index in [1.807, 2.05) is 0 Å². The fourth-order valence-corrected chi connectivity index (χ4v) is 3.21. The molecule has 1 unspecified atom stereocenters. The van der Waals surface area contributed by atoms with Crippen molar-refractivity contribution in [2.45, 2.75) is 25.3 Å². The number of nitrogens with one attached hydrogen (secondary N) is 1. The monoisotopic (exact) mass is 353 g/mol. The van der Waals surface area contributed by atoms with Crippen molar-refractivity contribution < 1.29 is 18.8 Å². The zero-order valence-corrected chi connectivity index (χ0v) is 13.7. The Morgan fingerprint density at radius 1 is 1.38 bits per heavy atom. The number of hydrogen-bond donors (Lipinski definition) is 1. The summed E-state index contributed by atoms with van der Waals surface area (Å²) in [4.78, 5) is 38.5. The predicted molar refractivity (Wildman–Crippen MR) is 85.0 cm³/mol. The maximum Gasteiger partial charge on any atom is 0.324 e. The number of benzene rings is 1. The molecule has 128 valence electrons. The highest BCUT2D eigenvalue weighted by Crippen LogP contribution is 2.20. The zero-order valence-electron chi connectivity index (χ0n) is 12.9. The highest BCUT2D eigenvalue weighted by Gasteiger charge is 2.39. The molecule has 4 amide bonds. The topological polar surface area (TPSA) is 69.7 Å². The zero-order chi connectivity index (χ0) is 17.3. The first kappa shape index (κ1) is 16.7. The first-order valence-corrected chi connectivity index (χ1v) is 8.15. The van der Waals surface area contributed by atoms with Gasteiger partial charge >= 0.3 is 6.03 Å². The average molecular weight is 354 g/mol. The Morgan fingerprint density at radius 3 is 2.83 bits per heavy atom. The first-order chi connectivity index (χ1) is 11.5. The van der Waals surface area contributed by atoms with Gasteiger partial charge in [-0.2, -0.15) is 0 Å². The van der Waals surface area contributed by atoms with E-state index in [4.69, 9.17) is 11.6 Å². The molecule has 0 saturated carbocycles. The van der Waals surface area contributed by atoms with Crippen LogP contribution < -0.4 is 5.32 Å². The van der Waals surface area contributed by atoms with Crippen molar-refractivity contribution in [3.8, 4) is 0 Å². The maximum absolute atomic E-state index is 13.4. The Kier molecular flexibility index (Phi) is 4.71. The van der Waals surface area contributed by atoms with Crippen LogP contribution >= 0.6 is 11.6 Å².